The van der Waals surface area contributed by atoms with Crippen LogP contribution in [0.3, 0.4) is 0 Å². The lowest BCUT2D eigenvalue weighted by molar-refractivity contribution is -0.130. The fourth-order valence-corrected chi connectivity index (χ4v) is 5.31. The summed E-state index contributed by atoms with van der Waals surface area (Å²) >= 11 is 0. The van der Waals surface area contributed by atoms with Gasteiger partial charge in [0.2, 0.25) is 29.5 Å². The Bertz CT molecular complexity index is 910. The lowest BCUT2D eigenvalue weighted by Gasteiger charge is -2.21. The van der Waals surface area contributed by atoms with Crippen LogP contribution in [0.2, 0.25) is 0 Å². The number of aliphatic hydroxyl groups is 1. The van der Waals surface area contributed by atoms with Crippen LogP contribution >= 0.6 is 0 Å². The third-order valence-corrected chi connectivity index (χ3v) is 8.28. The Morgan fingerprint density at radius 2 is 1.22 bits per heavy atom. The standard InChI is InChI=1S/C36H70N6O8/c1-4-6-8-9-10-11-12-13-14-15-16-17-18-20-32(44)40-27-33(45)41-30(21-22-31(37)43)36(48)39-23-24-49-25-26-50-28-34(46)42-29(19-7-5-2)35(47)38-3/h29-30,34,42,46H,4-28H2,1-3H3,(H2,37,43)(H,38,47)(H,39,48)(H,40,44)(H,41,45)/t29-,30-,34?/m0/s1. The Kier molecular flexibility index (Phi) is 31.5. The van der Waals surface area contributed by atoms with Gasteiger partial charge in [0.1, 0.15) is 12.3 Å². The van der Waals surface area contributed by atoms with Crippen molar-refractivity contribution in [2.45, 2.75) is 154 Å². The topological polar surface area (TPSA) is 210 Å². The van der Waals surface area contributed by atoms with Gasteiger partial charge >= 0.3 is 0 Å². The minimum Gasteiger partial charge on any atom is -0.377 e. The van der Waals surface area contributed by atoms with E-state index in [2.05, 4.69) is 33.5 Å². The third-order valence-electron chi connectivity index (χ3n) is 8.28. The van der Waals surface area contributed by atoms with Gasteiger partial charge in [0.05, 0.1) is 39.0 Å². The first-order chi connectivity index (χ1) is 24.1. The third kappa shape index (κ3) is 29.0. The average molecular weight is 715 g/mol. The van der Waals surface area contributed by atoms with Crippen LogP contribution in [0.5, 0.6) is 0 Å². The largest absolute Gasteiger partial charge is 0.377 e. The molecule has 0 aromatic rings. The molecule has 50 heavy (non-hydrogen) atoms. The molecule has 0 saturated heterocycles. The zero-order valence-electron chi connectivity index (χ0n) is 31.3. The predicted molar refractivity (Wildman–Crippen MR) is 195 cm³/mol. The van der Waals surface area contributed by atoms with E-state index in [0.29, 0.717) is 12.8 Å². The van der Waals surface area contributed by atoms with E-state index in [4.69, 9.17) is 15.2 Å². The van der Waals surface area contributed by atoms with Crippen LogP contribution in [-0.4, -0.2) is 99.5 Å². The van der Waals surface area contributed by atoms with Gasteiger partial charge in [0.25, 0.3) is 0 Å². The second-order valence-electron chi connectivity index (χ2n) is 12.9. The number of primary amides is 1. The van der Waals surface area contributed by atoms with Gasteiger partial charge in [0, 0.05) is 26.4 Å². The van der Waals surface area contributed by atoms with Gasteiger partial charge in [-0.15, -0.1) is 0 Å². The molecule has 0 aliphatic carbocycles. The van der Waals surface area contributed by atoms with Crippen molar-refractivity contribution in [2.24, 2.45) is 5.73 Å². The lowest BCUT2D eigenvalue weighted by atomic mass is 10.0. The second kappa shape index (κ2) is 33.3. The SMILES string of the molecule is CCCCCCCCCCCCCCCC(=O)NCC(=O)N[C@@H](CCC(N)=O)C(=O)NCCOCCOCC(O)N[C@@H](CCCC)C(=O)NC. The molecule has 0 aromatic heterocycles. The van der Waals surface area contributed by atoms with E-state index in [-0.39, 0.29) is 64.2 Å². The Morgan fingerprint density at radius 1 is 0.640 bits per heavy atom. The van der Waals surface area contributed by atoms with E-state index in [0.717, 1.165) is 32.1 Å². The number of amides is 5. The smallest absolute Gasteiger partial charge is 0.242 e. The van der Waals surface area contributed by atoms with Crippen molar-refractivity contribution in [1.82, 2.24) is 26.6 Å². The van der Waals surface area contributed by atoms with Crippen molar-refractivity contribution < 1.29 is 38.6 Å². The summed E-state index contributed by atoms with van der Waals surface area (Å²) in [5.74, 6) is -2.04. The lowest BCUT2D eigenvalue weighted by Crippen LogP contribution is -2.50. The quantitative estimate of drug-likeness (QED) is 0.0380. The highest BCUT2D eigenvalue weighted by Gasteiger charge is 2.22. The molecule has 0 saturated carbocycles. The Balaban J connectivity index is 4.15. The number of unbranched alkanes of at least 4 members (excludes halogenated alkanes) is 13. The minimum absolute atomic E-state index is 0.0179. The maximum absolute atomic E-state index is 12.7. The van der Waals surface area contributed by atoms with Crippen LogP contribution in [-0.2, 0) is 33.4 Å². The Labute approximate surface area is 300 Å². The number of nitrogens with two attached hydrogens (primary N) is 1. The van der Waals surface area contributed by atoms with E-state index in [1.807, 2.05) is 6.92 Å². The molecule has 0 spiro atoms. The molecule has 3 atom stereocenters. The predicted octanol–water partition coefficient (Wildman–Crippen LogP) is 2.70. The molecule has 14 nitrogen and oxygen atoms in total. The molecular weight excluding hydrogens is 644 g/mol. The van der Waals surface area contributed by atoms with Crippen LogP contribution in [0.4, 0.5) is 0 Å². The Morgan fingerprint density at radius 3 is 1.80 bits per heavy atom. The summed E-state index contributed by atoms with van der Waals surface area (Å²) in [6.07, 6.45) is 17.5. The van der Waals surface area contributed by atoms with E-state index < -0.39 is 36.0 Å². The molecule has 1 unspecified atom stereocenters. The number of hydrogen-bond donors (Lipinski definition) is 7. The van der Waals surface area contributed by atoms with Gasteiger partial charge in [-0.05, 0) is 19.3 Å². The molecule has 0 rings (SSSR count). The van der Waals surface area contributed by atoms with Gasteiger partial charge in [-0.2, -0.15) is 0 Å². The molecule has 5 amide bonds. The fraction of sp³-hybridized carbons (Fsp3) is 0.861. The first kappa shape index (κ1) is 47.2. The molecule has 0 bridgehead atoms. The summed E-state index contributed by atoms with van der Waals surface area (Å²) < 4.78 is 10.9. The van der Waals surface area contributed by atoms with Crippen LogP contribution in [0.25, 0.3) is 0 Å². The zero-order chi connectivity index (χ0) is 37.2. The normalized spacial score (nSPS) is 12.9. The van der Waals surface area contributed by atoms with Crippen molar-refractivity contribution in [3.63, 3.8) is 0 Å². The maximum Gasteiger partial charge on any atom is 0.242 e. The van der Waals surface area contributed by atoms with E-state index in [9.17, 15) is 29.1 Å². The van der Waals surface area contributed by atoms with Gasteiger partial charge in [0.15, 0.2) is 0 Å². The summed E-state index contributed by atoms with van der Waals surface area (Å²) in [6.45, 7) is 4.67. The van der Waals surface area contributed by atoms with Crippen molar-refractivity contribution in [3.05, 3.63) is 0 Å². The number of rotatable bonds is 35. The van der Waals surface area contributed by atoms with Crippen molar-refractivity contribution in [3.8, 4) is 0 Å². The summed E-state index contributed by atoms with van der Waals surface area (Å²) in [5, 5.41) is 23.4. The second-order valence-corrected chi connectivity index (χ2v) is 12.9. The molecule has 14 heteroatoms. The van der Waals surface area contributed by atoms with E-state index >= 15 is 0 Å². The van der Waals surface area contributed by atoms with Gasteiger partial charge in [-0.3, -0.25) is 29.3 Å². The highest BCUT2D eigenvalue weighted by molar-refractivity contribution is 5.90. The number of aliphatic hydroxyl groups excluding tert-OH is 1. The summed E-state index contributed by atoms with van der Waals surface area (Å²) in [5.41, 5.74) is 5.24. The minimum atomic E-state index is -1.02. The number of ether oxygens (including phenoxy) is 2. The molecule has 0 radical (unpaired) electrons. The first-order valence-electron chi connectivity index (χ1n) is 19.1. The summed E-state index contributed by atoms with van der Waals surface area (Å²) in [7, 11) is 1.55. The molecule has 0 aromatic carbocycles. The van der Waals surface area contributed by atoms with Crippen molar-refractivity contribution in [1.29, 1.82) is 0 Å². The monoisotopic (exact) mass is 715 g/mol. The molecule has 8 N–H and O–H groups in total. The maximum atomic E-state index is 12.7. The zero-order valence-corrected chi connectivity index (χ0v) is 31.3. The van der Waals surface area contributed by atoms with Crippen molar-refractivity contribution >= 4 is 29.5 Å². The molecule has 0 fully saturated rings. The highest BCUT2D eigenvalue weighted by atomic mass is 16.5. The van der Waals surface area contributed by atoms with Gasteiger partial charge in [-0.1, -0.05) is 104 Å². The summed E-state index contributed by atoms with van der Waals surface area (Å²) in [6, 6.07) is -1.51. The number of likely N-dealkylation sites (N-methyl/N-ethyl adjacent to an activating group) is 1. The summed E-state index contributed by atoms with van der Waals surface area (Å²) in [4.78, 5) is 60.7. The van der Waals surface area contributed by atoms with E-state index in [1.165, 1.54) is 64.2 Å². The van der Waals surface area contributed by atoms with Crippen molar-refractivity contribution in [2.75, 3.05) is 46.6 Å². The number of carbonyl (C=O) groups excluding carboxylic acids is 5. The Hall–Kier alpha value is -2.81. The fourth-order valence-electron chi connectivity index (χ4n) is 5.31. The first-order valence-corrected chi connectivity index (χ1v) is 19.1. The molecule has 0 heterocycles. The number of hydrogen-bond acceptors (Lipinski definition) is 9. The molecule has 0 aliphatic rings. The van der Waals surface area contributed by atoms with Crippen LogP contribution in [0.1, 0.15) is 136 Å². The molecule has 292 valence electrons. The molecule has 0 aliphatic heterocycles. The van der Waals surface area contributed by atoms with E-state index in [1.54, 1.807) is 7.05 Å². The van der Waals surface area contributed by atoms with Crippen LogP contribution < -0.4 is 32.3 Å². The molecular formula is C36H70N6O8. The number of nitrogens with one attached hydrogen (secondary N) is 5. The average Bonchev–Trinajstić information content (AvgIpc) is 3.09. The van der Waals surface area contributed by atoms with Gasteiger partial charge < -0.3 is 41.6 Å². The number of carbonyl (C=O) groups is 5. The van der Waals surface area contributed by atoms with Gasteiger partial charge in [-0.25, -0.2) is 0 Å². The van der Waals surface area contributed by atoms with Crippen LogP contribution in [0.15, 0.2) is 0 Å². The van der Waals surface area contributed by atoms with Crippen LogP contribution in [0, 0.1) is 0 Å². The highest BCUT2D eigenvalue weighted by Crippen LogP contribution is 2.13.